The molecule has 0 aliphatic heterocycles. The van der Waals surface area contributed by atoms with Crippen LogP contribution < -0.4 is 14.8 Å². The van der Waals surface area contributed by atoms with Crippen molar-refractivity contribution in [3.8, 4) is 11.5 Å². The number of methoxy groups -OCH3 is 1. The minimum atomic E-state index is -0.183. The smallest absolute Gasteiger partial charge is 0.251 e. The average Bonchev–Trinajstić information content (AvgIpc) is 2.35. The predicted octanol–water partition coefficient (Wildman–Crippen LogP) is 3.28. The molecule has 1 rings (SSSR count). The molecule has 4 nitrogen and oxygen atoms in total. The Morgan fingerprint density at radius 1 is 1.42 bits per heavy atom. The number of ether oxygens (including phenoxy) is 2. The Bertz CT molecular complexity index is 447. The molecule has 0 saturated carbocycles. The molecule has 0 atom stereocenters. The number of amides is 1. The first-order valence-electron chi connectivity index (χ1n) is 6.30. The van der Waals surface area contributed by atoms with Gasteiger partial charge >= 0.3 is 0 Å². The third kappa shape index (κ3) is 4.31. The van der Waals surface area contributed by atoms with Crippen LogP contribution in [0.3, 0.4) is 0 Å². The van der Waals surface area contributed by atoms with Gasteiger partial charge in [-0.25, -0.2) is 0 Å². The lowest BCUT2D eigenvalue weighted by molar-refractivity contribution is 0.0942. The molecule has 0 radical (unpaired) electrons. The molecule has 0 heterocycles. The van der Waals surface area contributed by atoms with E-state index in [-0.39, 0.29) is 11.9 Å². The summed E-state index contributed by atoms with van der Waals surface area (Å²) in [5.41, 5.74) is 0.458. The second-order valence-corrected chi connectivity index (χ2v) is 4.87. The van der Waals surface area contributed by atoms with Crippen LogP contribution in [0.1, 0.15) is 37.6 Å². The number of benzene rings is 1. The number of hydrogen-bond donors (Lipinski definition) is 1. The van der Waals surface area contributed by atoms with E-state index in [1.54, 1.807) is 12.1 Å². The van der Waals surface area contributed by atoms with E-state index in [4.69, 9.17) is 21.1 Å². The van der Waals surface area contributed by atoms with E-state index in [0.29, 0.717) is 28.7 Å². The second-order valence-electron chi connectivity index (χ2n) is 4.47. The van der Waals surface area contributed by atoms with Gasteiger partial charge in [0.15, 0.2) is 11.5 Å². The average molecular weight is 286 g/mol. The van der Waals surface area contributed by atoms with Gasteiger partial charge in [0, 0.05) is 11.6 Å². The van der Waals surface area contributed by atoms with Gasteiger partial charge in [-0.3, -0.25) is 4.79 Å². The van der Waals surface area contributed by atoms with Crippen molar-refractivity contribution in [2.45, 2.75) is 33.2 Å². The number of carbonyl (C=O) groups is 1. The number of rotatable bonds is 6. The summed E-state index contributed by atoms with van der Waals surface area (Å²) in [6, 6.07) is 3.29. The van der Waals surface area contributed by atoms with Gasteiger partial charge in [0.05, 0.1) is 18.7 Å². The van der Waals surface area contributed by atoms with Crippen molar-refractivity contribution >= 4 is 17.5 Å². The zero-order valence-electron chi connectivity index (χ0n) is 11.7. The standard InChI is InChI=1S/C14H20ClNO3/c1-5-6-19-13-11(15)7-10(8-12(13)18-4)14(17)16-9(2)3/h7-9H,5-6H2,1-4H3,(H,16,17). The lowest BCUT2D eigenvalue weighted by Crippen LogP contribution is -2.30. The van der Waals surface area contributed by atoms with E-state index in [2.05, 4.69) is 5.32 Å². The van der Waals surface area contributed by atoms with Gasteiger partial charge < -0.3 is 14.8 Å². The Morgan fingerprint density at radius 2 is 2.11 bits per heavy atom. The molecule has 0 bridgehead atoms. The molecule has 0 unspecified atom stereocenters. The Kier molecular flexibility index (Phi) is 5.96. The lowest BCUT2D eigenvalue weighted by Gasteiger charge is -2.14. The van der Waals surface area contributed by atoms with Gasteiger partial charge in [0.25, 0.3) is 5.91 Å². The molecule has 0 aliphatic rings. The summed E-state index contributed by atoms with van der Waals surface area (Å²) in [6.45, 7) is 6.35. The summed E-state index contributed by atoms with van der Waals surface area (Å²) in [4.78, 5) is 11.9. The molecule has 0 aromatic heterocycles. The van der Waals surface area contributed by atoms with Crippen LogP contribution in [-0.2, 0) is 0 Å². The van der Waals surface area contributed by atoms with Gasteiger partial charge in [-0.1, -0.05) is 18.5 Å². The molecule has 1 N–H and O–H groups in total. The maximum atomic E-state index is 11.9. The highest BCUT2D eigenvalue weighted by molar-refractivity contribution is 6.32. The highest BCUT2D eigenvalue weighted by atomic mass is 35.5. The lowest BCUT2D eigenvalue weighted by atomic mass is 10.1. The van der Waals surface area contributed by atoms with Gasteiger partial charge in [-0.2, -0.15) is 0 Å². The molecule has 1 amide bonds. The van der Waals surface area contributed by atoms with Crippen molar-refractivity contribution < 1.29 is 14.3 Å². The monoisotopic (exact) mass is 285 g/mol. The van der Waals surface area contributed by atoms with Crippen LogP contribution in [0.15, 0.2) is 12.1 Å². The van der Waals surface area contributed by atoms with Crippen LogP contribution >= 0.6 is 11.6 Å². The summed E-state index contributed by atoms with van der Waals surface area (Å²) in [7, 11) is 1.52. The van der Waals surface area contributed by atoms with Crippen LogP contribution in [0.2, 0.25) is 5.02 Å². The molecule has 1 aromatic rings. The fourth-order valence-electron chi connectivity index (χ4n) is 1.54. The van der Waals surface area contributed by atoms with Crippen molar-refractivity contribution in [2.75, 3.05) is 13.7 Å². The van der Waals surface area contributed by atoms with Gasteiger partial charge in [-0.05, 0) is 32.4 Å². The van der Waals surface area contributed by atoms with Crippen molar-refractivity contribution in [3.63, 3.8) is 0 Å². The summed E-state index contributed by atoms with van der Waals surface area (Å²) in [5.74, 6) is 0.763. The third-order valence-electron chi connectivity index (χ3n) is 2.36. The maximum absolute atomic E-state index is 11.9. The largest absolute Gasteiger partial charge is 0.493 e. The van der Waals surface area contributed by atoms with Crippen LogP contribution in [-0.4, -0.2) is 25.7 Å². The first-order chi connectivity index (χ1) is 8.99. The van der Waals surface area contributed by atoms with E-state index >= 15 is 0 Å². The summed E-state index contributed by atoms with van der Waals surface area (Å²) in [5, 5.41) is 3.18. The van der Waals surface area contributed by atoms with Crippen molar-refractivity contribution in [2.24, 2.45) is 0 Å². The van der Waals surface area contributed by atoms with E-state index in [9.17, 15) is 4.79 Å². The van der Waals surface area contributed by atoms with Crippen LogP contribution in [0.25, 0.3) is 0 Å². The van der Waals surface area contributed by atoms with Crippen molar-refractivity contribution in [1.29, 1.82) is 0 Å². The van der Waals surface area contributed by atoms with Crippen molar-refractivity contribution in [3.05, 3.63) is 22.7 Å². The fourth-order valence-corrected chi connectivity index (χ4v) is 1.81. The molecular weight excluding hydrogens is 266 g/mol. The zero-order valence-corrected chi connectivity index (χ0v) is 12.5. The van der Waals surface area contributed by atoms with Crippen LogP contribution in [0, 0.1) is 0 Å². The van der Waals surface area contributed by atoms with E-state index in [0.717, 1.165) is 6.42 Å². The molecule has 19 heavy (non-hydrogen) atoms. The van der Waals surface area contributed by atoms with Gasteiger partial charge in [-0.15, -0.1) is 0 Å². The predicted molar refractivity (Wildman–Crippen MR) is 76.4 cm³/mol. The Labute approximate surface area is 119 Å². The molecule has 0 fully saturated rings. The molecule has 0 spiro atoms. The highest BCUT2D eigenvalue weighted by Crippen LogP contribution is 2.36. The second kappa shape index (κ2) is 7.24. The number of carbonyl (C=O) groups excluding carboxylic acids is 1. The molecular formula is C14H20ClNO3. The van der Waals surface area contributed by atoms with Crippen molar-refractivity contribution in [1.82, 2.24) is 5.32 Å². The first kappa shape index (κ1) is 15.6. The molecule has 0 saturated heterocycles. The first-order valence-corrected chi connectivity index (χ1v) is 6.68. The summed E-state index contributed by atoms with van der Waals surface area (Å²) in [6.07, 6.45) is 0.870. The fraction of sp³-hybridized carbons (Fsp3) is 0.500. The Morgan fingerprint density at radius 3 is 2.63 bits per heavy atom. The minimum absolute atomic E-state index is 0.0632. The number of halogens is 1. The van der Waals surface area contributed by atoms with E-state index in [1.165, 1.54) is 7.11 Å². The van der Waals surface area contributed by atoms with Crippen LogP contribution in [0.5, 0.6) is 11.5 Å². The summed E-state index contributed by atoms with van der Waals surface area (Å²) >= 11 is 6.14. The van der Waals surface area contributed by atoms with Crippen LogP contribution in [0.4, 0.5) is 0 Å². The Balaban J connectivity index is 3.04. The minimum Gasteiger partial charge on any atom is -0.493 e. The quantitative estimate of drug-likeness (QED) is 0.872. The summed E-state index contributed by atoms with van der Waals surface area (Å²) < 4.78 is 10.8. The highest BCUT2D eigenvalue weighted by Gasteiger charge is 2.16. The van der Waals surface area contributed by atoms with Gasteiger partial charge in [0.2, 0.25) is 0 Å². The molecule has 106 valence electrons. The molecule has 0 aliphatic carbocycles. The normalized spacial score (nSPS) is 10.4. The zero-order chi connectivity index (χ0) is 14.4. The molecule has 1 aromatic carbocycles. The molecule has 5 heteroatoms. The number of nitrogens with one attached hydrogen (secondary N) is 1. The van der Waals surface area contributed by atoms with Gasteiger partial charge in [0.1, 0.15) is 0 Å². The van der Waals surface area contributed by atoms with E-state index < -0.39 is 0 Å². The number of hydrogen-bond acceptors (Lipinski definition) is 3. The maximum Gasteiger partial charge on any atom is 0.251 e. The SMILES string of the molecule is CCCOc1c(Cl)cc(C(=O)NC(C)C)cc1OC. The third-order valence-corrected chi connectivity index (χ3v) is 2.64. The Hall–Kier alpha value is -1.42. The topological polar surface area (TPSA) is 47.6 Å². The van der Waals surface area contributed by atoms with E-state index in [1.807, 2.05) is 20.8 Å².